The lowest BCUT2D eigenvalue weighted by atomic mass is 10.1. The minimum Gasteiger partial charge on any atom is -0.369 e. The van der Waals surface area contributed by atoms with Crippen molar-refractivity contribution in [3.8, 4) is 0 Å². The summed E-state index contributed by atoms with van der Waals surface area (Å²) < 4.78 is 0.398. The van der Waals surface area contributed by atoms with Crippen LogP contribution in [-0.4, -0.2) is 41.2 Å². The summed E-state index contributed by atoms with van der Waals surface area (Å²) >= 11 is 8.75. The van der Waals surface area contributed by atoms with Crippen LogP contribution in [0.15, 0.2) is 42.5 Å². The molecule has 2 aromatic carbocycles. The Morgan fingerprint density at radius 2 is 1.84 bits per heavy atom. The zero-order valence-corrected chi connectivity index (χ0v) is 15.7. The molecule has 0 heterocycles. The Morgan fingerprint density at radius 3 is 2.60 bits per heavy atom. The number of hydrogen-bond acceptors (Lipinski definition) is 3. The highest BCUT2D eigenvalue weighted by atomic mass is 32.1. The molecule has 0 spiro atoms. The highest BCUT2D eigenvalue weighted by molar-refractivity contribution is 8.11. The number of thiol groups is 1. The average molecular weight is 376 g/mol. The van der Waals surface area contributed by atoms with E-state index in [0.29, 0.717) is 17.4 Å². The molecule has 0 aliphatic heterocycles. The van der Waals surface area contributed by atoms with Gasteiger partial charge in [0.1, 0.15) is 4.32 Å². The normalized spacial score (nSPS) is 10.3. The smallest absolute Gasteiger partial charge is 0.224 e. The second-order valence-corrected chi connectivity index (χ2v) is 6.78. The number of nitrogens with zero attached hydrogens (tertiary/aromatic N) is 1. The number of hydrogen-bond donors (Lipinski definition) is 3. The second kappa shape index (κ2) is 9.39. The first-order valence-electron chi connectivity index (χ1n) is 7.96. The second-order valence-electron chi connectivity index (χ2n) is 5.62. The van der Waals surface area contributed by atoms with E-state index >= 15 is 0 Å². The maximum absolute atomic E-state index is 12.2. The fraction of sp³-hybridized carbons (Fsp3) is 0.278. The molecule has 0 aliphatic carbocycles. The number of likely N-dealkylation sites (N-methyl/N-ethyl adjacent to an activating group) is 1. The molecule has 5 nitrogen and oxygen atoms in total. The lowest BCUT2D eigenvalue weighted by molar-refractivity contribution is -0.131. The van der Waals surface area contributed by atoms with Crippen LogP contribution in [0.4, 0.5) is 5.69 Å². The SMILES string of the molecule is CN(CCNC(=S)S)C(=O)CCC(=O)Nc1cccc2ccccc12. The van der Waals surface area contributed by atoms with Crippen molar-refractivity contribution in [2.75, 3.05) is 25.5 Å². The molecule has 2 aromatic rings. The van der Waals surface area contributed by atoms with Crippen LogP contribution in [0.2, 0.25) is 0 Å². The minimum atomic E-state index is -0.173. The molecule has 2 amide bonds. The first kappa shape index (κ1) is 19.2. The summed E-state index contributed by atoms with van der Waals surface area (Å²) in [6, 6.07) is 13.6. The molecule has 0 fully saturated rings. The Labute approximate surface area is 158 Å². The molecule has 0 aliphatic rings. The lowest BCUT2D eigenvalue weighted by Gasteiger charge is -2.17. The number of anilines is 1. The number of thiocarbonyl (C=S) groups is 1. The summed E-state index contributed by atoms with van der Waals surface area (Å²) in [6.07, 6.45) is 0.309. The molecule has 0 aromatic heterocycles. The van der Waals surface area contributed by atoms with Gasteiger partial charge < -0.3 is 15.5 Å². The van der Waals surface area contributed by atoms with E-state index in [4.69, 9.17) is 12.2 Å². The fourth-order valence-corrected chi connectivity index (χ4v) is 2.63. The molecular formula is C18H21N3O2S2. The number of benzene rings is 2. The van der Waals surface area contributed by atoms with Crippen molar-refractivity contribution < 1.29 is 9.59 Å². The van der Waals surface area contributed by atoms with Crippen LogP contribution < -0.4 is 10.6 Å². The van der Waals surface area contributed by atoms with Crippen molar-refractivity contribution in [3.63, 3.8) is 0 Å². The molecule has 0 saturated heterocycles. The molecule has 0 bridgehead atoms. The topological polar surface area (TPSA) is 61.4 Å². The molecule has 25 heavy (non-hydrogen) atoms. The van der Waals surface area contributed by atoms with Gasteiger partial charge in [-0.3, -0.25) is 9.59 Å². The quantitative estimate of drug-likeness (QED) is 0.514. The van der Waals surface area contributed by atoms with Crippen molar-refractivity contribution in [2.45, 2.75) is 12.8 Å². The van der Waals surface area contributed by atoms with E-state index in [0.717, 1.165) is 16.5 Å². The van der Waals surface area contributed by atoms with E-state index in [-0.39, 0.29) is 24.7 Å². The predicted octanol–water partition coefficient (Wildman–Crippen LogP) is 2.82. The highest BCUT2D eigenvalue weighted by Crippen LogP contribution is 2.23. The van der Waals surface area contributed by atoms with Gasteiger partial charge in [-0.1, -0.05) is 48.6 Å². The summed E-state index contributed by atoms with van der Waals surface area (Å²) in [5.41, 5.74) is 0.760. The Morgan fingerprint density at radius 1 is 1.12 bits per heavy atom. The van der Waals surface area contributed by atoms with Gasteiger partial charge in [0, 0.05) is 44.1 Å². The number of carbonyl (C=O) groups is 2. The van der Waals surface area contributed by atoms with Crippen molar-refractivity contribution in [1.29, 1.82) is 0 Å². The zero-order valence-electron chi connectivity index (χ0n) is 14.0. The van der Waals surface area contributed by atoms with Crippen LogP contribution in [0.3, 0.4) is 0 Å². The van der Waals surface area contributed by atoms with Gasteiger partial charge in [0.05, 0.1) is 0 Å². The van der Waals surface area contributed by atoms with Gasteiger partial charge in [0.15, 0.2) is 0 Å². The van der Waals surface area contributed by atoms with Crippen LogP contribution in [0.25, 0.3) is 10.8 Å². The lowest BCUT2D eigenvalue weighted by Crippen LogP contribution is -2.34. The van der Waals surface area contributed by atoms with Crippen molar-refractivity contribution in [3.05, 3.63) is 42.5 Å². The van der Waals surface area contributed by atoms with Gasteiger partial charge in [-0.05, 0) is 11.5 Å². The molecule has 0 radical (unpaired) electrons. The summed E-state index contributed by atoms with van der Waals surface area (Å²) in [6.45, 7) is 1.04. The number of nitrogens with one attached hydrogen (secondary N) is 2. The van der Waals surface area contributed by atoms with E-state index < -0.39 is 0 Å². The third-order valence-electron chi connectivity index (χ3n) is 3.78. The van der Waals surface area contributed by atoms with Crippen LogP contribution in [0, 0.1) is 0 Å². The van der Waals surface area contributed by atoms with Crippen LogP contribution >= 0.6 is 24.8 Å². The summed E-state index contributed by atoms with van der Waals surface area (Å²) in [7, 11) is 1.70. The van der Waals surface area contributed by atoms with Gasteiger partial charge >= 0.3 is 0 Å². The van der Waals surface area contributed by atoms with Crippen LogP contribution in [-0.2, 0) is 9.59 Å². The van der Waals surface area contributed by atoms with Crippen LogP contribution in [0.5, 0.6) is 0 Å². The minimum absolute atomic E-state index is 0.0834. The average Bonchev–Trinajstić information content (AvgIpc) is 2.59. The van der Waals surface area contributed by atoms with Crippen molar-refractivity contribution in [1.82, 2.24) is 10.2 Å². The Balaban J connectivity index is 1.84. The summed E-state index contributed by atoms with van der Waals surface area (Å²) in [5.74, 6) is -0.257. The molecular weight excluding hydrogens is 354 g/mol. The first-order chi connectivity index (χ1) is 12.0. The summed E-state index contributed by atoms with van der Waals surface area (Å²) in [5, 5.41) is 7.80. The van der Waals surface area contributed by atoms with Gasteiger partial charge in [0.2, 0.25) is 11.8 Å². The molecule has 7 heteroatoms. The summed E-state index contributed by atoms with van der Waals surface area (Å²) in [4.78, 5) is 25.8. The van der Waals surface area contributed by atoms with Crippen LogP contribution in [0.1, 0.15) is 12.8 Å². The van der Waals surface area contributed by atoms with E-state index in [1.165, 1.54) is 0 Å². The maximum Gasteiger partial charge on any atom is 0.224 e. The largest absolute Gasteiger partial charge is 0.369 e. The first-order valence-corrected chi connectivity index (χ1v) is 8.81. The molecule has 0 atom stereocenters. The van der Waals surface area contributed by atoms with Gasteiger partial charge in [0.25, 0.3) is 0 Å². The number of rotatable bonds is 7. The number of carbonyl (C=O) groups excluding carboxylic acids is 2. The third-order valence-corrected chi connectivity index (χ3v) is 4.08. The monoisotopic (exact) mass is 375 g/mol. The van der Waals surface area contributed by atoms with Gasteiger partial charge in [-0.2, -0.15) is 0 Å². The fourth-order valence-electron chi connectivity index (χ4n) is 2.41. The third kappa shape index (κ3) is 6.03. The number of fused-ring (bicyclic) bond motifs is 1. The molecule has 132 valence electrons. The highest BCUT2D eigenvalue weighted by Gasteiger charge is 2.12. The number of amides is 2. The maximum atomic E-state index is 12.2. The van der Waals surface area contributed by atoms with Crippen molar-refractivity contribution >= 4 is 57.4 Å². The molecule has 2 rings (SSSR count). The zero-order chi connectivity index (χ0) is 18.2. The van der Waals surface area contributed by atoms with E-state index in [1.54, 1.807) is 11.9 Å². The van der Waals surface area contributed by atoms with Gasteiger partial charge in [-0.25, -0.2) is 0 Å². The van der Waals surface area contributed by atoms with E-state index in [9.17, 15) is 9.59 Å². The standard InChI is InChI=1S/C18H21N3O2S2/c1-21(12-11-19-18(24)25)17(23)10-9-16(22)20-15-8-4-6-13-5-2-3-7-14(13)15/h2-8H,9-12H2,1H3,(H,20,22)(H2,19,24,25). The molecule has 0 unspecified atom stereocenters. The van der Waals surface area contributed by atoms with Crippen molar-refractivity contribution in [2.24, 2.45) is 0 Å². The van der Waals surface area contributed by atoms with Gasteiger partial charge in [-0.15, -0.1) is 12.6 Å². The Kier molecular flexibility index (Phi) is 7.21. The Bertz CT molecular complexity index is 775. The van der Waals surface area contributed by atoms with E-state index in [2.05, 4.69) is 23.3 Å². The Hall–Kier alpha value is -2.12. The molecule has 0 saturated carbocycles. The molecule has 2 N–H and O–H groups in total. The predicted molar refractivity (Wildman–Crippen MR) is 109 cm³/mol. The van der Waals surface area contributed by atoms with E-state index in [1.807, 2.05) is 42.5 Å².